The van der Waals surface area contributed by atoms with Crippen LogP contribution >= 0.6 is 0 Å². The Hall–Kier alpha value is -2.21. The van der Waals surface area contributed by atoms with Crippen LogP contribution in [0, 0.1) is 0 Å². The lowest BCUT2D eigenvalue weighted by atomic mass is 10.1. The molecule has 2 aromatic rings. The largest absolute Gasteiger partial charge is 0.342 e. The van der Waals surface area contributed by atoms with Crippen LogP contribution in [0.2, 0.25) is 0 Å². The van der Waals surface area contributed by atoms with Crippen molar-refractivity contribution in [2.24, 2.45) is 0 Å². The number of likely N-dealkylation sites (N-methyl/N-ethyl adjacent to an activating group) is 2. The lowest BCUT2D eigenvalue weighted by Gasteiger charge is -2.22. The van der Waals surface area contributed by atoms with Gasteiger partial charge in [-0.05, 0) is 32.9 Å². The van der Waals surface area contributed by atoms with E-state index in [-0.39, 0.29) is 5.91 Å². The van der Waals surface area contributed by atoms with Crippen molar-refractivity contribution >= 4 is 5.91 Å². The molecule has 0 spiro atoms. The second kappa shape index (κ2) is 8.59. The average molecular weight is 330 g/mol. The number of rotatable bonds is 8. The van der Waals surface area contributed by atoms with Crippen LogP contribution in [0.4, 0.5) is 0 Å². The molecule has 0 saturated heterocycles. The molecule has 0 unspecified atom stereocenters. The molecule has 0 fully saturated rings. The Morgan fingerprint density at radius 3 is 2.38 bits per heavy atom. The minimum atomic E-state index is 0.109. The van der Waals surface area contributed by atoms with Gasteiger partial charge in [0.1, 0.15) is 0 Å². The summed E-state index contributed by atoms with van der Waals surface area (Å²) in [7, 11) is 1.88. The Morgan fingerprint density at radius 2 is 1.79 bits per heavy atom. The first-order valence-electron chi connectivity index (χ1n) is 8.45. The number of hydrogen-bond acceptors (Lipinski definition) is 5. The van der Waals surface area contributed by atoms with Crippen molar-refractivity contribution in [2.45, 2.75) is 33.7 Å². The molecule has 1 aromatic heterocycles. The highest BCUT2D eigenvalue weighted by Gasteiger charge is 2.15. The van der Waals surface area contributed by atoms with Crippen LogP contribution in [0.3, 0.4) is 0 Å². The first-order chi connectivity index (χ1) is 11.6. The fourth-order valence-corrected chi connectivity index (χ4v) is 2.52. The van der Waals surface area contributed by atoms with Crippen molar-refractivity contribution in [1.29, 1.82) is 0 Å². The minimum Gasteiger partial charge on any atom is -0.342 e. The Bertz CT molecular complexity index is 647. The second-order valence-corrected chi connectivity index (χ2v) is 5.80. The number of benzene rings is 1. The zero-order valence-corrected chi connectivity index (χ0v) is 15.0. The molecule has 0 aliphatic carbocycles. The van der Waals surface area contributed by atoms with Gasteiger partial charge >= 0.3 is 0 Å². The third kappa shape index (κ3) is 4.64. The quantitative estimate of drug-likeness (QED) is 0.744. The van der Waals surface area contributed by atoms with Crippen LogP contribution < -0.4 is 0 Å². The van der Waals surface area contributed by atoms with Gasteiger partial charge in [-0.1, -0.05) is 36.3 Å². The van der Waals surface area contributed by atoms with Crippen molar-refractivity contribution in [3.8, 4) is 11.4 Å². The predicted octanol–water partition coefficient (Wildman–Crippen LogP) is 2.60. The standard InChI is InChI=1S/C18H26N4O2/c1-5-14-8-10-15(11-9-14)18-19-16(24-20-18)12-21(4)13-17(23)22(6-2)7-3/h8-11H,5-7,12-13H2,1-4H3. The van der Waals surface area contributed by atoms with E-state index in [4.69, 9.17) is 4.52 Å². The summed E-state index contributed by atoms with van der Waals surface area (Å²) in [5.74, 6) is 1.20. The molecule has 2 rings (SSSR count). The topological polar surface area (TPSA) is 62.5 Å². The Morgan fingerprint density at radius 1 is 1.12 bits per heavy atom. The number of carbonyl (C=O) groups excluding carboxylic acids is 1. The molecule has 0 aliphatic heterocycles. The SMILES string of the molecule is CCc1ccc(-c2noc(CN(C)CC(=O)N(CC)CC)n2)cc1. The van der Waals surface area contributed by atoms with Crippen molar-refractivity contribution in [2.75, 3.05) is 26.7 Å². The molecule has 6 nitrogen and oxygen atoms in total. The van der Waals surface area contributed by atoms with Crippen LogP contribution in [0.1, 0.15) is 32.2 Å². The summed E-state index contributed by atoms with van der Waals surface area (Å²) >= 11 is 0. The van der Waals surface area contributed by atoms with E-state index in [0.717, 1.165) is 25.1 Å². The maximum atomic E-state index is 12.1. The smallest absolute Gasteiger partial charge is 0.241 e. The third-order valence-electron chi connectivity index (χ3n) is 4.01. The maximum absolute atomic E-state index is 12.1. The fraction of sp³-hybridized carbons (Fsp3) is 0.500. The number of aryl methyl sites for hydroxylation is 1. The van der Waals surface area contributed by atoms with Crippen molar-refractivity contribution in [1.82, 2.24) is 19.9 Å². The van der Waals surface area contributed by atoms with Gasteiger partial charge in [0, 0.05) is 18.7 Å². The summed E-state index contributed by atoms with van der Waals surface area (Å²) in [5.41, 5.74) is 2.21. The van der Waals surface area contributed by atoms with E-state index in [1.807, 2.05) is 42.8 Å². The minimum absolute atomic E-state index is 0.109. The molecule has 1 heterocycles. The first kappa shape index (κ1) is 18.1. The molecule has 0 aliphatic rings. The van der Waals surface area contributed by atoms with Gasteiger partial charge in [0.15, 0.2) is 0 Å². The van der Waals surface area contributed by atoms with Crippen LogP contribution in [0.25, 0.3) is 11.4 Å². The van der Waals surface area contributed by atoms with Crippen molar-refractivity contribution in [3.63, 3.8) is 0 Å². The summed E-state index contributed by atoms with van der Waals surface area (Å²) < 4.78 is 5.31. The molecule has 1 amide bonds. The molecular formula is C18H26N4O2. The van der Waals surface area contributed by atoms with E-state index in [0.29, 0.717) is 24.8 Å². The Labute approximate surface area is 143 Å². The van der Waals surface area contributed by atoms with Gasteiger partial charge < -0.3 is 9.42 Å². The highest BCUT2D eigenvalue weighted by molar-refractivity contribution is 5.78. The van der Waals surface area contributed by atoms with Gasteiger partial charge in [-0.25, -0.2) is 0 Å². The summed E-state index contributed by atoms with van der Waals surface area (Å²) in [5, 5.41) is 4.03. The van der Waals surface area contributed by atoms with Crippen molar-refractivity contribution < 1.29 is 9.32 Å². The van der Waals surface area contributed by atoms with Gasteiger partial charge in [0.2, 0.25) is 17.6 Å². The summed E-state index contributed by atoms with van der Waals surface area (Å²) in [6, 6.07) is 8.14. The monoisotopic (exact) mass is 330 g/mol. The van der Waals surface area contributed by atoms with Gasteiger partial charge in [0.25, 0.3) is 0 Å². The van der Waals surface area contributed by atoms with Crippen LogP contribution in [0.5, 0.6) is 0 Å². The Balaban J connectivity index is 1.96. The van der Waals surface area contributed by atoms with Crippen molar-refractivity contribution in [3.05, 3.63) is 35.7 Å². The zero-order chi connectivity index (χ0) is 17.5. The van der Waals surface area contributed by atoms with Gasteiger partial charge in [-0.3, -0.25) is 9.69 Å². The van der Waals surface area contributed by atoms with Gasteiger partial charge in [0.05, 0.1) is 13.1 Å². The van der Waals surface area contributed by atoms with Crippen LogP contribution in [-0.2, 0) is 17.8 Å². The molecule has 6 heteroatoms. The maximum Gasteiger partial charge on any atom is 0.241 e. The lowest BCUT2D eigenvalue weighted by Crippen LogP contribution is -2.38. The molecule has 0 bridgehead atoms. The summed E-state index contributed by atoms with van der Waals surface area (Å²) in [6.07, 6.45) is 1.00. The molecule has 1 aromatic carbocycles. The third-order valence-corrected chi connectivity index (χ3v) is 4.01. The lowest BCUT2D eigenvalue weighted by molar-refractivity contribution is -0.131. The van der Waals surface area contributed by atoms with Gasteiger partial charge in [-0.2, -0.15) is 4.98 Å². The molecule has 24 heavy (non-hydrogen) atoms. The van der Waals surface area contributed by atoms with E-state index in [1.54, 1.807) is 0 Å². The predicted molar refractivity (Wildman–Crippen MR) is 93.4 cm³/mol. The molecule has 0 N–H and O–H groups in total. The summed E-state index contributed by atoms with van der Waals surface area (Å²) in [4.78, 5) is 20.2. The van der Waals surface area contributed by atoms with E-state index >= 15 is 0 Å². The number of hydrogen-bond donors (Lipinski definition) is 0. The van der Waals surface area contributed by atoms with E-state index in [2.05, 4.69) is 29.2 Å². The number of nitrogens with zero attached hydrogens (tertiary/aromatic N) is 4. The highest BCUT2D eigenvalue weighted by atomic mass is 16.5. The van der Waals surface area contributed by atoms with Gasteiger partial charge in [-0.15, -0.1) is 0 Å². The number of aromatic nitrogens is 2. The fourth-order valence-electron chi connectivity index (χ4n) is 2.52. The Kier molecular flexibility index (Phi) is 6.49. The molecule has 0 atom stereocenters. The molecular weight excluding hydrogens is 304 g/mol. The molecule has 0 radical (unpaired) electrons. The van der Waals surface area contributed by atoms with Crippen LogP contribution in [0.15, 0.2) is 28.8 Å². The highest BCUT2D eigenvalue weighted by Crippen LogP contribution is 2.17. The van der Waals surface area contributed by atoms with Crippen LogP contribution in [-0.4, -0.2) is 52.5 Å². The normalized spacial score (nSPS) is 11.0. The zero-order valence-electron chi connectivity index (χ0n) is 15.0. The number of carbonyl (C=O) groups is 1. The van der Waals surface area contributed by atoms with E-state index < -0.39 is 0 Å². The first-order valence-corrected chi connectivity index (χ1v) is 8.45. The number of amides is 1. The molecule has 0 saturated carbocycles. The van der Waals surface area contributed by atoms with E-state index in [1.165, 1.54) is 5.56 Å². The second-order valence-electron chi connectivity index (χ2n) is 5.80. The average Bonchev–Trinajstić information content (AvgIpc) is 3.04. The van der Waals surface area contributed by atoms with E-state index in [9.17, 15) is 4.79 Å². The molecule has 130 valence electrons. The summed E-state index contributed by atoms with van der Waals surface area (Å²) in [6.45, 7) is 8.32.